The standard InChI is InChI=1S/C46H49N3OSi/c1-9-39-35-18-11-10-17-34(35)36-21-20-33-27-31(4)42-37-22-23-38(41-29(2)15-14-16-30(41)3)47-46(37)50-45(42)43(33)40-19-12-13-24-48(40)28-32(5)44(36)49(39)25-26-51(6,7)8/h9-19,22-24,27,36,44H,1,5,20-21,25-26,28H2,2-4,6-8H3/q+2. The number of furan rings is 1. The van der Waals surface area contributed by atoms with Gasteiger partial charge in [0, 0.05) is 46.2 Å². The topological polar surface area (TPSA) is 32.9 Å². The molecule has 6 aromatic rings. The summed E-state index contributed by atoms with van der Waals surface area (Å²) in [4.78, 5) is 5.17. The fourth-order valence-electron chi connectivity index (χ4n) is 8.90. The molecule has 0 radical (unpaired) electrons. The highest BCUT2D eigenvalue weighted by Gasteiger charge is 2.44. The average Bonchev–Trinajstić information content (AvgIpc) is 3.48. The molecule has 0 fully saturated rings. The molecule has 8 rings (SSSR count). The van der Waals surface area contributed by atoms with Gasteiger partial charge in [-0.05, 0) is 85.7 Å². The summed E-state index contributed by atoms with van der Waals surface area (Å²) in [6, 6.07) is 30.2. The zero-order chi connectivity index (χ0) is 35.6. The van der Waals surface area contributed by atoms with Gasteiger partial charge in [0.15, 0.2) is 24.4 Å². The van der Waals surface area contributed by atoms with Crippen molar-refractivity contribution in [3.63, 3.8) is 0 Å². The van der Waals surface area contributed by atoms with Gasteiger partial charge < -0.3 is 4.42 Å². The van der Waals surface area contributed by atoms with Gasteiger partial charge in [-0.3, -0.25) is 0 Å². The number of benzene rings is 3. The molecular formula is C46H49N3OSi+2. The second-order valence-corrected chi connectivity index (χ2v) is 21.6. The molecule has 5 heteroatoms. The van der Waals surface area contributed by atoms with E-state index >= 15 is 0 Å². The lowest BCUT2D eigenvalue weighted by molar-refractivity contribution is -0.682. The highest BCUT2D eigenvalue weighted by atomic mass is 28.3. The molecule has 2 atom stereocenters. The SMILES string of the molecule is C=CC1=[N+](CC[Si](C)(C)C)C2C(=C)C[n+]3ccccc3-c3c(cc(C)c4c3oc3nc(-c5c(C)cccc5C)ccc34)CCC2c2ccccc21. The second-order valence-electron chi connectivity index (χ2n) is 16.0. The number of fused-ring (bicyclic) bond motifs is 10. The smallest absolute Gasteiger partial charge is 0.227 e. The molecule has 2 unspecified atom stereocenters. The van der Waals surface area contributed by atoms with Gasteiger partial charge >= 0.3 is 0 Å². The van der Waals surface area contributed by atoms with Crippen LogP contribution in [0.2, 0.25) is 25.7 Å². The lowest BCUT2D eigenvalue weighted by atomic mass is 9.76. The summed E-state index contributed by atoms with van der Waals surface area (Å²) >= 11 is 0. The molecule has 0 N–H and O–H groups in total. The Labute approximate surface area is 303 Å². The quantitative estimate of drug-likeness (QED) is 0.103. The van der Waals surface area contributed by atoms with Gasteiger partial charge in [0.05, 0.1) is 30.8 Å². The van der Waals surface area contributed by atoms with Crippen molar-refractivity contribution in [1.82, 2.24) is 4.98 Å². The van der Waals surface area contributed by atoms with Crippen LogP contribution in [-0.4, -0.2) is 35.9 Å². The van der Waals surface area contributed by atoms with Crippen LogP contribution in [0.4, 0.5) is 0 Å². The van der Waals surface area contributed by atoms with Crippen molar-refractivity contribution in [2.24, 2.45) is 0 Å². The van der Waals surface area contributed by atoms with E-state index in [0.717, 1.165) is 53.7 Å². The molecule has 256 valence electrons. The van der Waals surface area contributed by atoms with Crippen LogP contribution in [0.5, 0.6) is 0 Å². The molecule has 0 amide bonds. The first-order valence-electron chi connectivity index (χ1n) is 18.5. The second kappa shape index (κ2) is 12.7. The summed E-state index contributed by atoms with van der Waals surface area (Å²) in [7, 11) is -1.31. The third-order valence-corrected chi connectivity index (χ3v) is 13.0. The summed E-state index contributed by atoms with van der Waals surface area (Å²) in [5, 5.41) is 2.22. The maximum Gasteiger partial charge on any atom is 0.227 e. The first-order chi connectivity index (χ1) is 24.5. The van der Waals surface area contributed by atoms with E-state index in [9.17, 15) is 0 Å². The fourth-order valence-corrected chi connectivity index (χ4v) is 9.82. The first-order valence-corrected chi connectivity index (χ1v) is 22.2. The van der Waals surface area contributed by atoms with Gasteiger partial charge in [-0.1, -0.05) is 75.3 Å². The third-order valence-electron chi connectivity index (χ3n) is 11.3. The summed E-state index contributed by atoms with van der Waals surface area (Å²) < 4.78 is 12.0. The number of allylic oxidation sites excluding steroid dienone is 1. The maximum absolute atomic E-state index is 6.93. The Morgan fingerprint density at radius 2 is 1.67 bits per heavy atom. The molecule has 5 heterocycles. The van der Waals surface area contributed by atoms with E-state index in [0.29, 0.717) is 11.6 Å². The molecule has 3 aromatic heterocycles. The number of pyridine rings is 2. The van der Waals surface area contributed by atoms with Crippen molar-refractivity contribution in [1.29, 1.82) is 0 Å². The van der Waals surface area contributed by atoms with Crippen molar-refractivity contribution >= 4 is 35.9 Å². The number of rotatable bonds is 5. The van der Waals surface area contributed by atoms with Crippen molar-refractivity contribution in [3.05, 3.63) is 143 Å². The maximum atomic E-state index is 6.93. The average molecular weight is 688 g/mol. The summed E-state index contributed by atoms with van der Waals surface area (Å²) in [6.07, 6.45) is 6.24. The molecular weight excluding hydrogens is 639 g/mol. The number of hydrogen-bond donors (Lipinski definition) is 0. The highest BCUT2D eigenvalue weighted by Crippen LogP contribution is 2.43. The van der Waals surface area contributed by atoms with Crippen LogP contribution in [0.25, 0.3) is 44.6 Å². The molecule has 0 aliphatic carbocycles. The largest absolute Gasteiger partial charge is 0.437 e. The van der Waals surface area contributed by atoms with Crippen LogP contribution in [-0.2, 0) is 13.0 Å². The summed E-state index contributed by atoms with van der Waals surface area (Å²) in [6.45, 7) is 25.0. The molecule has 51 heavy (non-hydrogen) atoms. The number of nitrogens with zero attached hydrogens (tertiary/aromatic N) is 3. The predicted molar refractivity (Wildman–Crippen MR) is 215 cm³/mol. The molecule has 3 aromatic carbocycles. The monoisotopic (exact) mass is 687 g/mol. The van der Waals surface area contributed by atoms with E-state index in [4.69, 9.17) is 16.0 Å². The molecule has 0 saturated heterocycles. The van der Waals surface area contributed by atoms with Gasteiger partial charge in [0.25, 0.3) is 0 Å². The fraction of sp³-hybridized carbons (Fsp3) is 0.283. The minimum Gasteiger partial charge on any atom is -0.437 e. The molecule has 0 bridgehead atoms. The first kappa shape index (κ1) is 33.3. The van der Waals surface area contributed by atoms with E-state index < -0.39 is 8.07 Å². The number of aromatic nitrogens is 2. The Bertz CT molecular complexity index is 2400. The Hall–Kier alpha value is -4.87. The predicted octanol–water partition coefficient (Wildman–Crippen LogP) is 10.5. The minimum absolute atomic E-state index is 0.176. The van der Waals surface area contributed by atoms with Crippen LogP contribution in [0, 0.1) is 20.8 Å². The molecule has 2 aliphatic heterocycles. The van der Waals surface area contributed by atoms with Gasteiger partial charge in [0.2, 0.25) is 17.1 Å². The molecule has 0 saturated carbocycles. The van der Waals surface area contributed by atoms with Crippen molar-refractivity contribution < 1.29 is 13.6 Å². The molecule has 2 aliphatic rings. The highest BCUT2D eigenvalue weighted by molar-refractivity contribution is 6.76. The molecule has 4 nitrogen and oxygen atoms in total. The normalized spacial score (nSPS) is 17.6. The van der Waals surface area contributed by atoms with Crippen LogP contribution in [0.15, 0.2) is 114 Å². The number of hydrogen-bond acceptors (Lipinski definition) is 2. The summed E-state index contributed by atoms with van der Waals surface area (Å²) in [5.41, 5.74) is 16.3. The van der Waals surface area contributed by atoms with E-state index in [1.54, 1.807) is 0 Å². The van der Waals surface area contributed by atoms with E-state index in [1.165, 1.54) is 61.8 Å². The lowest BCUT2D eigenvalue weighted by Crippen LogP contribution is -2.48. The Balaban J connectivity index is 1.33. The Kier molecular flexibility index (Phi) is 8.30. The lowest BCUT2D eigenvalue weighted by Gasteiger charge is -2.34. The Morgan fingerprint density at radius 3 is 2.43 bits per heavy atom. The zero-order valence-electron chi connectivity index (χ0n) is 31.0. The van der Waals surface area contributed by atoms with Crippen LogP contribution in [0.1, 0.15) is 45.7 Å². The van der Waals surface area contributed by atoms with Crippen LogP contribution < -0.4 is 4.57 Å². The van der Waals surface area contributed by atoms with Gasteiger partial charge in [-0.15, -0.1) is 0 Å². The van der Waals surface area contributed by atoms with E-state index in [2.05, 4.69) is 147 Å². The number of aryl methyl sites for hydroxylation is 4. The minimum atomic E-state index is -1.31. The Morgan fingerprint density at radius 1 is 0.902 bits per heavy atom. The third kappa shape index (κ3) is 5.72. The van der Waals surface area contributed by atoms with Gasteiger partial charge in [0.1, 0.15) is 6.54 Å². The molecule has 0 spiro atoms. The van der Waals surface area contributed by atoms with E-state index in [1.807, 2.05) is 0 Å². The van der Waals surface area contributed by atoms with Crippen molar-refractivity contribution in [3.8, 4) is 22.5 Å². The van der Waals surface area contributed by atoms with Crippen molar-refractivity contribution in [2.75, 3.05) is 6.54 Å². The summed E-state index contributed by atoms with van der Waals surface area (Å²) in [5.74, 6) is 0.297. The van der Waals surface area contributed by atoms with Gasteiger partial charge in [-0.2, -0.15) is 4.57 Å². The van der Waals surface area contributed by atoms with Crippen molar-refractivity contribution in [2.45, 2.75) is 77.8 Å². The van der Waals surface area contributed by atoms with Crippen LogP contribution in [0.3, 0.4) is 0 Å². The van der Waals surface area contributed by atoms with Crippen LogP contribution >= 0.6 is 0 Å². The van der Waals surface area contributed by atoms with Gasteiger partial charge in [-0.25, -0.2) is 9.56 Å². The zero-order valence-corrected chi connectivity index (χ0v) is 32.0. The van der Waals surface area contributed by atoms with E-state index in [-0.39, 0.29) is 6.04 Å².